The summed E-state index contributed by atoms with van der Waals surface area (Å²) in [5, 5.41) is 4.27. The van der Waals surface area contributed by atoms with Crippen LogP contribution in [0.3, 0.4) is 0 Å². The van der Waals surface area contributed by atoms with E-state index >= 15 is 0 Å². The Hall–Kier alpha value is -2.50. The average molecular weight is 377 g/mol. The topological polar surface area (TPSA) is 37.3 Å². The van der Waals surface area contributed by atoms with Gasteiger partial charge in [-0.2, -0.15) is 0 Å². The highest BCUT2D eigenvalue weighted by Gasteiger charge is 2.36. The molecule has 3 heterocycles. The van der Waals surface area contributed by atoms with Gasteiger partial charge >= 0.3 is 0 Å². The second kappa shape index (κ2) is 7.15. The Morgan fingerprint density at radius 1 is 1.07 bits per heavy atom. The molecule has 1 aromatic heterocycles. The molecular formula is C23H24FN3O. The number of fused-ring (bicyclic) bond motifs is 1. The lowest BCUT2D eigenvalue weighted by molar-refractivity contribution is 0.0826. The molecule has 4 nitrogen and oxygen atoms in total. The Kier molecular flexibility index (Phi) is 4.49. The quantitative estimate of drug-likeness (QED) is 0.703. The van der Waals surface area contributed by atoms with Gasteiger partial charge in [0, 0.05) is 35.4 Å². The van der Waals surface area contributed by atoms with Gasteiger partial charge in [0.1, 0.15) is 5.82 Å². The average Bonchev–Trinajstić information content (AvgIpc) is 3.47. The van der Waals surface area contributed by atoms with Crippen molar-refractivity contribution in [2.45, 2.75) is 31.3 Å². The van der Waals surface area contributed by atoms with Crippen molar-refractivity contribution < 1.29 is 9.18 Å². The van der Waals surface area contributed by atoms with Crippen LogP contribution in [-0.2, 0) is 0 Å². The van der Waals surface area contributed by atoms with Crippen LogP contribution in [0.4, 0.5) is 4.39 Å². The van der Waals surface area contributed by atoms with Gasteiger partial charge in [-0.25, -0.2) is 4.39 Å². The first-order valence-corrected chi connectivity index (χ1v) is 10.1. The molecule has 144 valence electrons. The Labute approximate surface area is 163 Å². The number of likely N-dealkylation sites (tertiary alicyclic amines) is 1. The van der Waals surface area contributed by atoms with Crippen LogP contribution in [0.5, 0.6) is 0 Å². The lowest BCUT2D eigenvalue weighted by Gasteiger charge is -2.29. The van der Waals surface area contributed by atoms with E-state index in [4.69, 9.17) is 0 Å². The number of hydrogen-bond acceptors (Lipinski definition) is 3. The number of ketones is 1. The van der Waals surface area contributed by atoms with E-state index in [1.165, 1.54) is 6.07 Å². The second-order valence-electron chi connectivity index (χ2n) is 7.82. The molecule has 0 spiro atoms. The zero-order chi connectivity index (χ0) is 19.1. The number of Topliss-reactive ketones (excluding diaryl/α,β-unsaturated/α-hetero) is 1. The van der Waals surface area contributed by atoms with Crippen molar-refractivity contribution in [2.75, 3.05) is 19.6 Å². The third-order valence-corrected chi connectivity index (χ3v) is 6.19. The summed E-state index contributed by atoms with van der Waals surface area (Å²) in [5.41, 5.74) is 2.17. The van der Waals surface area contributed by atoms with E-state index in [2.05, 4.69) is 10.2 Å². The fourth-order valence-corrected chi connectivity index (χ4v) is 4.77. The summed E-state index contributed by atoms with van der Waals surface area (Å²) in [6.07, 6.45) is 5.01. The molecular weight excluding hydrogens is 353 g/mol. The zero-order valence-corrected chi connectivity index (χ0v) is 15.8. The van der Waals surface area contributed by atoms with E-state index < -0.39 is 0 Å². The molecule has 2 atom stereocenters. The molecule has 2 unspecified atom stereocenters. The number of para-hydroxylation sites is 1. The summed E-state index contributed by atoms with van der Waals surface area (Å²) in [7, 11) is 0. The van der Waals surface area contributed by atoms with Gasteiger partial charge < -0.3 is 9.88 Å². The minimum Gasteiger partial charge on any atom is -0.315 e. The molecule has 0 bridgehead atoms. The highest BCUT2D eigenvalue weighted by atomic mass is 19.1. The highest BCUT2D eigenvalue weighted by molar-refractivity contribution is 6.00. The molecule has 2 aromatic carbocycles. The summed E-state index contributed by atoms with van der Waals surface area (Å²) in [4.78, 5) is 15.5. The second-order valence-corrected chi connectivity index (χ2v) is 7.82. The molecule has 2 aliphatic rings. The van der Waals surface area contributed by atoms with E-state index in [0.717, 1.165) is 55.5 Å². The molecule has 0 saturated carbocycles. The van der Waals surface area contributed by atoms with Crippen molar-refractivity contribution >= 4 is 16.7 Å². The van der Waals surface area contributed by atoms with Crippen molar-refractivity contribution in [1.29, 1.82) is 0 Å². The van der Waals surface area contributed by atoms with Crippen molar-refractivity contribution in [3.05, 3.63) is 66.1 Å². The number of halogens is 1. The number of hydrogen-bond donors (Lipinski definition) is 1. The van der Waals surface area contributed by atoms with Crippen molar-refractivity contribution in [1.82, 2.24) is 14.8 Å². The molecule has 0 radical (unpaired) electrons. The van der Waals surface area contributed by atoms with Crippen LogP contribution in [0, 0.1) is 5.82 Å². The number of rotatable bonds is 4. The molecule has 5 rings (SSSR count). The molecule has 1 N–H and O–H groups in total. The van der Waals surface area contributed by atoms with Gasteiger partial charge in [0.2, 0.25) is 0 Å². The summed E-state index contributed by atoms with van der Waals surface area (Å²) in [6.45, 7) is 3.03. The van der Waals surface area contributed by atoms with E-state index in [1.54, 1.807) is 6.07 Å². The van der Waals surface area contributed by atoms with Crippen LogP contribution in [0.15, 0.2) is 54.7 Å². The monoisotopic (exact) mass is 377 g/mol. The van der Waals surface area contributed by atoms with Crippen LogP contribution in [0.25, 0.3) is 16.6 Å². The van der Waals surface area contributed by atoms with Gasteiger partial charge in [-0.3, -0.25) is 9.69 Å². The van der Waals surface area contributed by atoms with Gasteiger partial charge in [0.25, 0.3) is 0 Å². The van der Waals surface area contributed by atoms with Gasteiger partial charge in [-0.1, -0.05) is 12.1 Å². The third kappa shape index (κ3) is 2.95. The van der Waals surface area contributed by atoms with Crippen LogP contribution in [0.1, 0.15) is 29.6 Å². The number of carbonyl (C=O) groups excluding carboxylic acids is 1. The Morgan fingerprint density at radius 3 is 2.71 bits per heavy atom. The first kappa shape index (κ1) is 17.6. The fraction of sp³-hybridized carbons (Fsp3) is 0.348. The minimum absolute atomic E-state index is 0.0133. The van der Waals surface area contributed by atoms with Crippen molar-refractivity contribution in [3.63, 3.8) is 0 Å². The maximum absolute atomic E-state index is 14.3. The predicted octanol–water partition coefficient (Wildman–Crippen LogP) is 3.78. The first-order valence-electron chi connectivity index (χ1n) is 10.1. The summed E-state index contributed by atoms with van der Waals surface area (Å²) < 4.78 is 16.1. The Bertz CT molecular complexity index is 1000. The molecule has 28 heavy (non-hydrogen) atoms. The van der Waals surface area contributed by atoms with Gasteiger partial charge in [-0.05, 0) is 68.8 Å². The maximum Gasteiger partial charge on any atom is 0.179 e. The number of nitrogens with zero attached hydrogens (tertiary/aromatic N) is 2. The molecule has 5 heteroatoms. The predicted molar refractivity (Wildman–Crippen MR) is 109 cm³/mol. The Balaban J connectivity index is 1.41. The smallest absolute Gasteiger partial charge is 0.179 e. The van der Waals surface area contributed by atoms with Crippen LogP contribution in [0.2, 0.25) is 0 Å². The summed E-state index contributed by atoms with van der Waals surface area (Å²) in [5.74, 6) is -0.0334. The van der Waals surface area contributed by atoms with Crippen LogP contribution in [-0.4, -0.2) is 47.0 Å². The maximum atomic E-state index is 14.3. The van der Waals surface area contributed by atoms with E-state index in [9.17, 15) is 9.18 Å². The van der Waals surface area contributed by atoms with E-state index in [0.29, 0.717) is 11.6 Å². The molecule has 3 aromatic rings. The molecule has 0 amide bonds. The summed E-state index contributed by atoms with van der Waals surface area (Å²) in [6, 6.07) is 15.1. The Morgan fingerprint density at radius 2 is 1.93 bits per heavy atom. The molecule has 2 fully saturated rings. The van der Waals surface area contributed by atoms with Crippen molar-refractivity contribution in [2.24, 2.45) is 0 Å². The number of aromatic nitrogens is 1. The van der Waals surface area contributed by atoms with Gasteiger partial charge in [0.05, 0.1) is 11.6 Å². The largest absolute Gasteiger partial charge is 0.315 e. The lowest BCUT2D eigenvalue weighted by atomic mass is 10.0. The van der Waals surface area contributed by atoms with E-state index in [1.807, 2.05) is 47.2 Å². The van der Waals surface area contributed by atoms with E-state index in [-0.39, 0.29) is 17.6 Å². The molecule has 0 aliphatic carbocycles. The normalized spacial score (nSPS) is 22.9. The molecule has 2 aliphatic heterocycles. The van der Waals surface area contributed by atoms with Crippen molar-refractivity contribution in [3.8, 4) is 5.69 Å². The van der Waals surface area contributed by atoms with Crippen LogP contribution >= 0.6 is 0 Å². The fourth-order valence-electron chi connectivity index (χ4n) is 4.77. The first-order chi connectivity index (χ1) is 13.7. The lowest BCUT2D eigenvalue weighted by Crippen LogP contribution is -2.44. The van der Waals surface area contributed by atoms with Crippen LogP contribution < -0.4 is 5.32 Å². The zero-order valence-electron chi connectivity index (χ0n) is 15.8. The molecule has 2 saturated heterocycles. The van der Waals surface area contributed by atoms with Gasteiger partial charge in [0.15, 0.2) is 5.78 Å². The SMILES string of the molecule is O=C(c1ccc(-n2ccc3cccc(F)c32)cc1)C1CCCN1C1CCNC1. The standard InChI is InChI=1S/C23H24FN3O/c24-20-4-1-3-16-11-14-27(22(16)20)18-8-6-17(7-9-18)23(28)21-5-2-13-26(21)19-10-12-25-15-19/h1,3-4,6-9,11,14,19,21,25H,2,5,10,12-13,15H2. The number of nitrogens with one attached hydrogen (secondary N) is 1. The summed E-state index contributed by atoms with van der Waals surface area (Å²) >= 11 is 0. The third-order valence-electron chi connectivity index (χ3n) is 6.19. The highest BCUT2D eigenvalue weighted by Crippen LogP contribution is 2.27. The van der Waals surface area contributed by atoms with Gasteiger partial charge in [-0.15, -0.1) is 0 Å². The number of carbonyl (C=O) groups is 1. The number of benzene rings is 2. The minimum atomic E-state index is -0.241.